The van der Waals surface area contributed by atoms with Crippen LogP contribution in [0.2, 0.25) is 0 Å². The number of hydrogen-bond donors (Lipinski definition) is 2. The Morgan fingerprint density at radius 2 is 1.89 bits per heavy atom. The highest BCUT2D eigenvalue weighted by Crippen LogP contribution is 2.37. The SMILES string of the molecule is CCc1nnc2n1N[C@H](c1ccc(C)cc1)[C@H](C(=O)Nc1ccc(F)cc1)S2. The number of fused-ring (bicyclic) bond motifs is 1. The van der Waals surface area contributed by atoms with Crippen LogP contribution < -0.4 is 10.7 Å². The lowest BCUT2D eigenvalue weighted by Gasteiger charge is -2.33. The van der Waals surface area contributed by atoms with Gasteiger partial charge in [0.15, 0.2) is 5.82 Å². The summed E-state index contributed by atoms with van der Waals surface area (Å²) >= 11 is 1.37. The summed E-state index contributed by atoms with van der Waals surface area (Å²) in [6.07, 6.45) is 0.730. The van der Waals surface area contributed by atoms with E-state index in [0.29, 0.717) is 10.8 Å². The minimum atomic E-state index is -0.464. The molecule has 2 heterocycles. The standard InChI is InChI=1S/C20H20FN5OS/c1-3-16-23-24-20-26(16)25-17(13-6-4-12(2)5-7-13)18(28-20)19(27)22-15-10-8-14(21)9-11-15/h4-11,17-18,25H,3H2,1-2H3,(H,22,27)/t17-,18-/m1/s1. The molecule has 1 aromatic heterocycles. The molecule has 0 saturated carbocycles. The summed E-state index contributed by atoms with van der Waals surface area (Å²) < 4.78 is 15.0. The van der Waals surface area contributed by atoms with Gasteiger partial charge in [0.05, 0.1) is 6.04 Å². The lowest BCUT2D eigenvalue weighted by molar-refractivity contribution is -0.116. The molecule has 2 atom stereocenters. The van der Waals surface area contributed by atoms with Gasteiger partial charge in [-0.3, -0.25) is 4.79 Å². The minimum Gasteiger partial charge on any atom is -0.325 e. The summed E-state index contributed by atoms with van der Waals surface area (Å²) in [6.45, 7) is 4.04. The van der Waals surface area contributed by atoms with Crippen LogP contribution in [-0.4, -0.2) is 26.0 Å². The highest BCUT2D eigenvalue weighted by atomic mass is 32.2. The fourth-order valence-corrected chi connectivity index (χ4v) is 4.20. The van der Waals surface area contributed by atoms with Crippen LogP contribution >= 0.6 is 11.8 Å². The molecule has 3 aromatic rings. The molecule has 0 saturated heterocycles. The number of carbonyl (C=O) groups excluding carboxylic acids is 1. The van der Waals surface area contributed by atoms with Gasteiger partial charge in [-0.15, -0.1) is 10.2 Å². The van der Waals surface area contributed by atoms with Gasteiger partial charge in [-0.05, 0) is 36.8 Å². The van der Waals surface area contributed by atoms with Gasteiger partial charge in [-0.1, -0.05) is 48.5 Å². The van der Waals surface area contributed by atoms with Crippen LogP contribution in [0.15, 0.2) is 53.7 Å². The number of hydrogen-bond acceptors (Lipinski definition) is 5. The average molecular weight is 397 g/mol. The number of nitrogens with zero attached hydrogens (tertiary/aromatic N) is 3. The summed E-state index contributed by atoms with van der Waals surface area (Å²) in [7, 11) is 0. The van der Waals surface area contributed by atoms with Crippen LogP contribution in [0.25, 0.3) is 0 Å². The smallest absolute Gasteiger partial charge is 0.240 e. The van der Waals surface area contributed by atoms with E-state index in [9.17, 15) is 9.18 Å². The van der Waals surface area contributed by atoms with E-state index in [-0.39, 0.29) is 17.8 Å². The van der Waals surface area contributed by atoms with Gasteiger partial charge in [0.1, 0.15) is 11.1 Å². The van der Waals surface area contributed by atoms with Gasteiger partial charge in [0, 0.05) is 12.1 Å². The van der Waals surface area contributed by atoms with Crippen molar-refractivity contribution in [3.63, 3.8) is 0 Å². The molecule has 2 N–H and O–H groups in total. The first-order chi connectivity index (χ1) is 13.5. The second kappa shape index (κ2) is 7.63. The zero-order valence-electron chi connectivity index (χ0n) is 15.5. The lowest BCUT2D eigenvalue weighted by atomic mass is 10.0. The van der Waals surface area contributed by atoms with Crippen LogP contribution in [0, 0.1) is 12.7 Å². The molecule has 6 nitrogen and oxygen atoms in total. The number of carbonyl (C=O) groups is 1. The van der Waals surface area contributed by atoms with Crippen molar-refractivity contribution in [3.8, 4) is 0 Å². The lowest BCUT2D eigenvalue weighted by Crippen LogP contribution is -2.41. The molecule has 0 fully saturated rings. The Kier molecular flexibility index (Phi) is 5.04. The molecule has 1 aliphatic heterocycles. The number of benzene rings is 2. The largest absolute Gasteiger partial charge is 0.325 e. The van der Waals surface area contributed by atoms with Crippen LogP contribution in [0.1, 0.15) is 29.9 Å². The third-order valence-electron chi connectivity index (χ3n) is 4.63. The van der Waals surface area contributed by atoms with E-state index < -0.39 is 5.25 Å². The molecule has 144 valence electrons. The highest BCUT2D eigenvalue weighted by molar-refractivity contribution is 8.00. The second-order valence-corrected chi connectivity index (χ2v) is 7.75. The molecule has 2 aromatic carbocycles. The molecule has 8 heteroatoms. The molecular weight excluding hydrogens is 377 g/mol. The Labute approximate surface area is 166 Å². The number of thioether (sulfide) groups is 1. The second-order valence-electron chi connectivity index (χ2n) is 6.64. The summed E-state index contributed by atoms with van der Waals surface area (Å²) in [6, 6.07) is 13.6. The normalized spacial score (nSPS) is 18.2. The fraction of sp³-hybridized carbons (Fsp3) is 0.250. The number of aryl methyl sites for hydroxylation is 2. The summed E-state index contributed by atoms with van der Waals surface area (Å²) in [4.78, 5) is 13.1. The van der Waals surface area contributed by atoms with Gasteiger partial charge < -0.3 is 10.7 Å². The molecule has 0 radical (unpaired) electrons. The zero-order chi connectivity index (χ0) is 19.7. The number of halogens is 1. The predicted octanol–water partition coefficient (Wildman–Crippen LogP) is 3.69. The third-order valence-corrected chi connectivity index (χ3v) is 5.84. The average Bonchev–Trinajstić information content (AvgIpc) is 3.11. The highest BCUT2D eigenvalue weighted by Gasteiger charge is 2.37. The van der Waals surface area contributed by atoms with E-state index in [2.05, 4.69) is 20.9 Å². The third kappa shape index (κ3) is 3.60. The van der Waals surface area contributed by atoms with E-state index >= 15 is 0 Å². The van der Waals surface area contributed by atoms with Gasteiger partial charge in [-0.25, -0.2) is 9.07 Å². The maximum Gasteiger partial charge on any atom is 0.240 e. The summed E-state index contributed by atoms with van der Waals surface area (Å²) in [5.74, 6) is 0.295. The molecule has 0 unspecified atom stereocenters. The van der Waals surface area contributed by atoms with Crippen molar-refractivity contribution in [2.45, 2.75) is 36.7 Å². The Balaban J connectivity index is 1.66. The predicted molar refractivity (Wildman–Crippen MR) is 107 cm³/mol. The molecule has 1 amide bonds. The van der Waals surface area contributed by atoms with Crippen molar-refractivity contribution in [3.05, 3.63) is 71.3 Å². The molecule has 28 heavy (non-hydrogen) atoms. The Morgan fingerprint density at radius 3 is 2.57 bits per heavy atom. The Morgan fingerprint density at radius 1 is 1.18 bits per heavy atom. The molecule has 4 rings (SSSR count). The topological polar surface area (TPSA) is 71.8 Å². The van der Waals surface area contributed by atoms with Crippen molar-refractivity contribution < 1.29 is 9.18 Å². The van der Waals surface area contributed by atoms with Crippen LogP contribution in [0.3, 0.4) is 0 Å². The Hall–Kier alpha value is -2.87. The van der Waals surface area contributed by atoms with E-state index in [4.69, 9.17) is 0 Å². The van der Waals surface area contributed by atoms with Gasteiger partial charge in [0.2, 0.25) is 11.1 Å². The van der Waals surface area contributed by atoms with E-state index in [1.54, 1.807) is 12.1 Å². The quantitative estimate of drug-likeness (QED) is 0.703. The van der Waals surface area contributed by atoms with E-state index in [1.807, 2.05) is 42.8 Å². The zero-order valence-corrected chi connectivity index (χ0v) is 16.3. The minimum absolute atomic E-state index is 0.179. The van der Waals surface area contributed by atoms with Gasteiger partial charge in [0.25, 0.3) is 0 Å². The fourth-order valence-electron chi connectivity index (χ4n) is 3.10. The maximum absolute atomic E-state index is 13.2. The summed E-state index contributed by atoms with van der Waals surface area (Å²) in [5.41, 5.74) is 6.11. The van der Waals surface area contributed by atoms with Crippen LogP contribution in [0.5, 0.6) is 0 Å². The van der Waals surface area contributed by atoms with Gasteiger partial charge >= 0.3 is 0 Å². The van der Waals surface area contributed by atoms with E-state index in [0.717, 1.165) is 23.4 Å². The number of aromatic nitrogens is 3. The van der Waals surface area contributed by atoms with Crippen molar-refractivity contribution in [2.75, 3.05) is 10.7 Å². The molecular formula is C20H20FN5OS. The first kappa shape index (κ1) is 18.5. The number of nitrogens with one attached hydrogen (secondary N) is 2. The van der Waals surface area contributed by atoms with Crippen LogP contribution in [-0.2, 0) is 11.2 Å². The van der Waals surface area contributed by atoms with Crippen LogP contribution in [0.4, 0.5) is 10.1 Å². The van der Waals surface area contributed by atoms with Crippen molar-refractivity contribution >= 4 is 23.4 Å². The maximum atomic E-state index is 13.2. The summed E-state index contributed by atoms with van der Waals surface area (Å²) in [5, 5.41) is 11.5. The first-order valence-electron chi connectivity index (χ1n) is 9.05. The van der Waals surface area contributed by atoms with Crippen molar-refractivity contribution in [1.82, 2.24) is 14.9 Å². The number of rotatable bonds is 4. The molecule has 1 aliphatic rings. The Bertz CT molecular complexity index is 987. The number of anilines is 1. The monoisotopic (exact) mass is 397 g/mol. The van der Waals surface area contributed by atoms with Gasteiger partial charge in [-0.2, -0.15) is 0 Å². The first-order valence-corrected chi connectivity index (χ1v) is 9.93. The van der Waals surface area contributed by atoms with Crippen molar-refractivity contribution in [1.29, 1.82) is 0 Å². The molecule has 0 bridgehead atoms. The molecule has 0 spiro atoms. The molecule has 0 aliphatic carbocycles. The number of amides is 1. The van der Waals surface area contributed by atoms with Crippen molar-refractivity contribution in [2.24, 2.45) is 0 Å². The van der Waals surface area contributed by atoms with E-state index in [1.165, 1.54) is 23.9 Å².